The molecule has 1 saturated heterocycles. The summed E-state index contributed by atoms with van der Waals surface area (Å²) in [7, 11) is 3.34. The van der Waals surface area contributed by atoms with Crippen molar-refractivity contribution >= 4 is 50.6 Å². The highest BCUT2D eigenvalue weighted by atomic mass is 79.9. The van der Waals surface area contributed by atoms with Crippen molar-refractivity contribution in [3.63, 3.8) is 0 Å². The summed E-state index contributed by atoms with van der Waals surface area (Å²) in [6.07, 6.45) is 0.630. The van der Waals surface area contributed by atoms with Crippen LogP contribution in [-0.4, -0.2) is 89.7 Å². The average Bonchev–Trinajstić information content (AvgIpc) is 4.11. The number of fused-ring (bicyclic) bond motifs is 2. The molecule has 0 saturated carbocycles. The quantitative estimate of drug-likeness (QED) is 0.114. The van der Waals surface area contributed by atoms with Crippen LogP contribution < -0.4 is 26.1 Å². The molecule has 0 amide bonds. The fourth-order valence-electron chi connectivity index (χ4n) is 6.63. The number of rotatable bonds is 8. The molecule has 8 aromatic rings. The Hall–Kier alpha value is -6.80. The normalized spacial score (nSPS) is 14.4. The first-order valence-electron chi connectivity index (χ1n) is 20.6. The Labute approximate surface area is 390 Å². The second-order valence-electron chi connectivity index (χ2n) is 16.1. The maximum atomic E-state index is 13.0. The first kappa shape index (κ1) is 49.1. The van der Waals surface area contributed by atoms with Crippen molar-refractivity contribution in [3.8, 4) is 34.0 Å². The number of halogens is 7. The van der Waals surface area contributed by atoms with Crippen molar-refractivity contribution in [2.45, 2.75) is 78.6 Å². The number of ether oxygens (including phenoxy) is 2. The van der Waals surface area contributed by atoms with Crippen molar-refractivity contribution < 1.29 is 45.1 Å². The molecule has 18 nitrogen and oxygen atoms in total. The van der Waals surface area contributed by atoms with E-state index in [-0.39, 0.29) is 40.9 Å². The summed E-state index contributed by atoms with van der Waals surface area (Å²) < 4.78 is 99.7. The number of benzene rings is 2. The molecule has 0 bridgehead atoms. The molecule has 0 aliphatic carbocycles. The molecule has 1 fully saturated rings. The Morgan fingerprint density at radius 3 is 1.47 bits per heavy atom. The molecule has 9 rings (SSSR count). The lowest BCUT2D eigenvalue weighted by Gasteiger charge is -2.32. The average molecular weight is 1020 g/mol. The molecule has 0 spiro atoms. The third kappa shape index (κ3) is 10.8. The molecule has 68 heavy (non-hydrogen) atoms. The van der Waals surface area contributed by atoms with Gasteiger partial charge in [0.2, 0.25) is 0 Å². The first-order valence-corrected chi connectivity index (χ1v) is 21.4. The van der Waals surface area contributed by atoms with E-state index in [9.17, 15) is 35.9 Å². The minimum atomic E-state index is -4.79. The van der Waals surface area contributed by atoms with Crippen LogP contribution >= 0.6 is 15.9 Å². The minimum Gasteiger partial charge on any atom is -0.406 e. The van der Waals surface area contributed by atoms with E-state index < -0.39 is 23.8 Å². The van der Waals surface area contributed by atoms with E-state index in [0.717, 1.165) is 35.3 Å². The monoisotopic (exact) mass is 1010 g/mol. The van der Waals surface area contributed by atoms with Gasteiger partial charge in [-0.05, 0) is 106 Å². The van der Waals surface area contributed by atoms with Crippen LogP contribution in [0.3, 0.4) is 0 Å². The molecule has 0 radical (unpaired) electrons. The molecule has 1 aliphatic rings. The molecule has 2 aromatic carbocycles. The van der Waals surface area contributed by atoms with E-state index in [2.05, 4.69) is 56.0 Å². The Bertz CT molecular complexity index is 3180. The molecule has 0 unspecified atom stereocenters. The van der Waals surface area contributed by atoms with Gasteiger partial charge in [-0.15, -0.1) is 36.5 Å². The second kappa shape index (κ2) is 18.7. The van der Waals surface area contributed by atoms with Gasteiger partial charge < -0.3 is 18.8 Å². The topological polar surface area (TPSA) is 178 Å². The van der Waals surface area contributed by atoms with E-state index in [1.807, 2.05) is 54.8 Å². The first-order chi connectivity index (χ1) is 31.8. The third-order valence-corrected chi connectivity index (χ3v) is 11.2. The molecule has 0 atom stereocenters. The summed E-state index contributed by atoms with van der Waals surface area (Å²) in [4.78, 5) is 28.3. The zero-order valence-electron chi connectivity index (χ0n) is 37.5. The Kier molecular flexibility index (Phi) is 13.5. The maximum Gasteiger partial charge on any atom is 0.573 e. The number of alkyl halides is 6. The fourth-order valence-corrected chi connectivity index (χ4v) is 7.10. The van der Waals surface area contributed by atoms with Gasteiger partial charge in [0.05, 0.1) is 35.0 Å². The van der Waals surface area contributed by atoms with Gasteiger partial charge in [-0.2, -0.15) is 30.0 Å². The SMILES string of the molecule is CCn1nc2c(-c3cnn(C)c3)cn(-c3ccc(OC(F)(F)F)cc3)c(=O)c2n1.CCn1nc2c(Br)cn(-c3ccc(OC(F)(F)F)cc3)c(=O)c2n1.Cn1cc(B2OC(C)(C)C(C)(C)O2)cn1. The van der Waals surface area contributed by atoms with Gasteiger partial charge in [0.15, 0.2) is 11.0 Å². The van der Waals surface area contributed by atoms with Crippen molar-refractivity contribution in [2.24, 2.45) is 14.1 Å². The molecular formula is C42H42BBrF6N12O6. The predicted octanol–water partition coefficient (Wildman–Crippen LogP) is 6.88. The lowest BCUT2D eigenvalue weighted by atomic mass is 9.82. The van der Waals surface area contributed by atoms with Crippen LogP contribution in [0.2, 0.25) is 0 Å². The van der Waals surface area contributed by atoms with Gasteiger partial charge in [0.25, 0.3) is 11.1 Å². The summed E-state index contributed by atoms with van der Waals surface area (Å²) in [6.45, 7) is 12.8. The van der Waals surface area contributed by atoms with Crippen LogP contribution in [0.25, 0.3) is 44.6 Å². The second-order valence-corrected chi connectivity index (χ2v) is 16.9. The lowest BCUT2D eigenvalue weighted by molar-refractivity contribution is -0.275. The summed E-state index contributed by atoms with van der Waals surface area (Å²) in [6, 6.07) is 10.00. The van der Waals surface area contributed by atoms with E-state index in [0.29, 0.717) is 45.5 Å². The Morgan fingerprint density at radius 1 is 0.618 bits per heavy atom. The van der Waals surface area contributed by atoms with Crippen molar-refractivity contribution in [1.29, 1.82) is 0 Å². The highest BCUT2D eigenvalue weighted by molar-refractivity contribution is 9.10. The zero-order chi connectivity index (χ0) is 49.5. The summed E-state index contributed by atoms with van der Waals surface area (Å²) >= 11 is 3.33. The van der Waals surface area contributed by atoms with Gasteiger partial charge in [-0.25, -0.2) is 0 Å². The molecule has 1 aliphatic heterocycles. The van der Waals surface area contributed by atoms with Crippen molar-refractivity contribution in [2.75, 3.05) is 0 Å². The minimum absolute atomic E-state index is 0.156. The summed E-state index contributed by atoms with van der Waals surface area (Å²) in [5, 5.41) is 25.2. The van der Waals surface area contributed by atoms with Crippen LogP contribution in [-0.2, 0) is 36.5 Å². The predicted molar refractivity (Wildman–Crippen MR) is 240 cm³/mol. The molecular weight excluding hydrogens is 973 g/mol. The number of hydrogen-bond donors (Lipinski definition) is 0. The number of hydrogen-bond acceptors (Lipinski definition) is 12. The number of aryl methyl sites for hydroxylation is 4. The van der Waals surface area contributed by atoms with Gasteiger partial charge >= 0.3 is 19.8 Å². The smallest absolute Gasteiger partial charge is 0.406 e. The number of nitrogens with zero attached hydrogens (tertiary/aromatic N) is 12. The van der Waals surface area contributed by atoms with Crippen molar-refractivity contribution in [1.82, 2.24) is 58.7 Å². The molecule has 26 heteroatoms. The molecule has 6 aromatic heterocycles. The standard InChI is InChI=1S/C18H15F3N6O2.C14H10BrF3N4O2.C10H17BN2O2/c1-3-27-23-15-14(11-8-22-25(2)9-11)10-26(17(28)16(15)24-27)12-4-6-13(7-5-12)29-18(19,20)21;1-2-22-19-11-10(15)7-21(13(23)12(11)20-22)8-3-5-9(6-4-8)24-14(16,17)18;1-9(2)10(3,4)15-11(14-9)8-6-12-13(5)7-8/h4-10H,3H2,1-2H3;3-7H,2H2,1H3;6-7H,1-5H3. The van der Waals surface area contributed by atoms with E-state index >= 15 is 0 Å². The lowest BCUT2D eigenvalue weighted by Crippen LogP contribution is -2.41. The van der Waals surface area contributed by atoms with E-state index in [4.69, 9.17) is 9.31 Å². The zero-order valence-corrected chi connectivity index (χ0v) is 39.1. The van der Waals surface area contributed by atoms with Crippen LogP contribution in [0.4, 0.5) is 26.3 Å². The van der Waals surface area contributed by atoms with Gasteiger partial charge in [-0.3, -0.25) is 28.1 Å². The van der Waals surface area contributed by atoms with Gasteiger partial charge in [0, 0.05) is 73.0 Å². The van der Waals surface area contributed by atoms with Crippen LogP contribution in [0.15, 0.2) is 99.8 Å². The van der Waals surface area contributed by atoms with Gasteiger partial charge in [-0.1, -0.05) is 0 Å². The molecule has 0 N–H and O–H groups in total. The fraction of sp³-hybridized carbons (Fsp3) is 0.333. The highest BCUT2D eigenvalue weighted by Crippen LogP contribution is 2.36. The molecule has 7 heterocycles. The van der Waals surface area contributed by atoms with Crippen LogP contribution in [0, 0.1) is 0 Å². The third-order valence-electron chi connectivity index (χ3n) is 10.7. The van der Waals surface area contributed by atoms with Crippen molar-refractivity contribution in [3.05, 3.63) is 111 Å². The summed E-state index contributed by atoms with van der Waals surface area (Å²) in [5.41, 5.74) is 2.82. The maximum absolute atomic E-state index is 13.0. The van der Waals surface area contributed by atoms with E-state index in [1.54, 1.807) is 41.2 Å². The summed E-state index contributed by atoms with van der Waals surface area (Å²) in [5.74, 6) is -0.740. The molecule has 358 valence electrons. The Morgan fingerprint density at radius 2 is 1.04 bits per heavy atom. The largest absolute Gasteiger partial charge is 0.573 e. The van der Waals surface area contributed by atoms with E-state index in [1.165, 1.54) is 49.2 Å². The van der Waals surface area contributed by atoms with Gasteiger partial charge in [0.1, 0.15) is 22.5 Å². The number of aromatic nitrogens is 12. The van der Waals surface area contributed by atoms with Crippen LogP contribution in [0.1, 0.15) is 41.5 Å². The van der Waals surface area contributed by atoms with Crippen LogP contribution in [0.5, 0.6) is 11.5 Å². The highest BCUT2D eigenvalue weighted by Gasteiger charge is 2.52. The number of pyridine rings is 2. The Balaban J connectivity index is 0.000000158.